The van der Waals surface area contributed by atoms with E-state index in [1.165, 1.54) is 6.07 Å². The highest BCUT2D eigenvalue weighted by atomic mass is 16.6. The predicted octanol–water partition coefficient (Wildman–Crippen LogP) is 3.59. The van der Waals surface area contributed by atoms with E-state index in [9.17, 15) is 14.9 Å². The Labute approximate surface area is 124 Å². The van der Waals surface area contributed by atoms with E-state index in [-0.39, 0.29) is 17.6 Å². The molecule has 1 aromatic carbocycles. The van der Waals surface area contributed by atoms with Crippen molar-refractivity contribution in [2.45, 2.75) is 46.1 Å². The van der Waals surface area contributed by atoms with E-state index in [2.05, 4.69) is 5.32 Å². The fraction of sp³-hybridized carbons (Fsp3) is 0.533. The fourth-order valence-corrected chi connectivity index (χ4v) is 2.16. The molecule has 0 amide bonds. The zero-order valence-corrected chi connectivity index (χ0v) is 12.6. The van der Waals surface area contributed by atoms with Gasteiger partial charge in [-0.25, -0.2) is 0 Å². The number of nitrogens with one attached hydrogen (secondary N) is 1. The molecular formula is C15H22N2O4. The van der Waals surface area contributed by atoms with Crippen LogP contribution in [0.5, 0.6) is 0 Å². The molecule has 0 aromatic heterocycles. The Kier molecular flexibility index (Phi) is 6.14. The molecule has 2 N–H and O–H groups in total. The number of carboxylic acids is 1. The maximum Gasteiger partial charge on any atom is 0.306 e. The molecule has 0 saturated heterocycles. The van der Waals surface area contributed by atoms with E-state index in [4.69, 9.17) is 5.11 Å². The van der Waals surface area contributed by atoms with E-state index >= 15 is 0 Å². The molecule has 0 saturated carbocycles. The Hall–Kier alpha value is -2.11. The van der Waals surface area contributed by atoms with Crippen molar-refractivity contribution < 1.29 is 14.8 Å². The summed E-state index contributed by atoms with van der Waals surface area (Å²) in [6, 6.07) is 5.02. The third-order valence-corrected chi connectivity index (χ3v) is 3.53. The Balaban J connectivity index is 2.61. The monoisotopic (exact) mass is 294 g/mol. The molecule has 0 bridgehead atoms. The van der Waals surface area contributed by atoms with Crippen molar-refractivity contribution in [3.05, 3.63) is 33.9 Å². The van der Waals surface area contributed by atoms with Gasteiger partial charge >= 0.3 is 5.97 Å². The summed E-state index contributed by atoms with van der Waals surface area (Å²) in [6.07, 6.45) is 2.14. The van der Waals surface area contributed by atoms with Crippen molar-refractivity contribution in [1.29, 1.82) is 0 Å². The number of para-hydroxylation sites is 1. The molecule has 0 aliphatic heterocycles. The van der Waals surface area contributed by atoms with Gasteiger partial charge in [0.05, 0.1) is 10.8 Å². The van der Waals surface area contributed by atoms with Gasteiger partial charge in [-0.1, -0.05) is 25.5 Å². The zero-order chi connectivity index (χ0) is 16.0. The standard InChI is InChI=1S/C15H22N2O4/c1-10-6-5-9-13(17(20)21)14(10)16-12(3)8-4-7-11(2)15(18)19/h5-6,9,11-12,16H,4,7-8H2,1-3H3,(H,18,19). The first kappa shape index (κ1) is 16.9. The fourth-order valence-electron chi connectivity index (χ4n) is 2.16. The first-order valence-electron chi connectivity index (χ1n) is 7.06. The van der Waals surface area contributed by atoms with Crippen LogP contribution in [0.25, 0.3) is 0 Å². The number of aryl methyl sites for hydroxylation is 1. The number of aliphatic carboxylic acids is 1. The SMILES string of the molecule is Cc1cccc([N+](=O)[O-])c1NC(C)CCCC(C)C(=O)O. The number of nitro benzene ring substituents is 1. The van der Waals surface area contributed by atoms with Crippen molar-refractivity contribution in [3.63, 3.8) is 0 Å². The molecular weight excluding hydrogens is 272 g/mol. The summed E-state index contributed by atoms with van der Waals surface area (Å²) in [5.74, 6) is -1.14. The number of carboxylic acid groups (broad SMARTS) is 1. The molecule has 2 unspecified atom stereocenters. The summed E-state index contributed by atoms with van der Waals surface area (Å²) in [6.45, 7) is 5.46. The highest BCUT2D eigenvalue weighted by molar-refractivity contribution is 5.69. The molecule has 6 nitrogen and oxygen atoms in total. The van der Waals surface area contributed by atoms with Crippen LogP contribution in [0.2, 0.25) is 0 Å². The Morgan fingerprint density at radius 3 is 2.62 bits per heavy atom. The number of rotatable bonds is 8. The molecule has 0 radical (unpaired) electrons. The third-order valence-electron chi connectivity index (χ3n) is 3.53. The summed E-state index contributed by atoms with van der Waals surface area (Å²) < 4.78 is 0. The van der Waals surface area contributed by atoms with E-state index in [1.54, 1.807) is 13.0 Å². The second kappa shape index (κ2) is 7.61. The van der Waals surface area contributed by atoms with Gasteiger partial charge in [-0.05, 0) is 32.3 Å². The highest BCUT2D eigenvalue weighted by Crippen LogP contribution is 2.28. The smallest absolute Gasteiger partial charge is 0.306 e. The van der Waals surface area contributed by atoms with Crippen molar-refractivity contribution in [1.82, 2.24) is 0 Å². The molecule has 1 aromatic rings. The first-order chi connectivity index (χ1) is 9.82. The molecule has 6 heteroatoms. The largest absolute Gasteiger partial charge is 0.481 e. The maximum absolute atomic E-state index is 11.0. The minimum atomic E-state index is -0.787. The molecule has 0 fully saturated rings. The summed E-state index contributed by atoms with van der Waals surface area (Å²) in [5.41, 5.74) is 1.44. The van der Waals surface area contributed by atoms with Gasteiger partial charge < -0.3 is 10.4 Å². The summed E-state index contributed by atoms with van der Waals surface area (Å²) in [4.78, 5) is 21.4. The van der Waals surface area contributed by atoms with Crippen LogP contribution < -0.4 is 5.32 Å². The highest BCUT2D eigenvalue weighted by Gasteiger charge is 2.17. The zero-order valence-electron chi connectivity index (χ0n) is 12.6. The number of hydrogen-bond donors (Lipinski definition) is 2. The van der Waals surface area contributed by atoms with E-state index in [0.717, 1.165) is 18.4 Å². The van der Waals surface area contributed by atoms with E-state index in [1.807, 2.05) is 19.9 Å². The van der Waals surface area contributed by atoms with Gasteiger partial charge in [-0.15, -0.1) is 0 Å². The third kappa shape index (κ3) is 5.06. The van der Waals surface area contributed by atoms with Gasteiger partial charge in [-0.2, -0.15) is 0 Å². The first-order valence-corrected chi connectivity index (χ1v) is 7.06. The van der Waals surface area contributed by atoms with Gasteiger partial charge in [0, 0.05) is 12.1 Å². The number of hydrogen-bond acceptors (Lipinski definition) is 4. The Bertz CT molecular complexity index is 516. The number of nitrogens with zero attached hydrogens (tertiary/aromatic N) is 1. The molecule has 116 valence electrons. The van der Waals surface area contributed by atoms with Crippen molar-refractivity contribution in [3.8, 4) is 0 Å². The van der Waals surface area contributed by atoms with Gasteiger partial charge in [0.25, 0.3) is 5.69 Å². The lowest BCUT2D eigenvalue weighted by molar-refractivity contribution is -0.384. The lowest BCUT2D eigenvalue weighted by atomic mass is 10.0. The molecule has 1 rings (SSSR count). The predicted molar refractivity (Wildman–Crippen MR) is 81.6 cm³/mol. The minimum Gasteiger partial charge on any atom is -0.481 e. The van der Waals surface area contributed by atoms with Gasteiger partial charge in [0.15, 0.2) is 0 Å². The molecule has 0 aliphatic rings. The lowest BCUT2D eigenvalue weighted by Crippen LogP contribution is -2.18. The normalized spacial score (nSPS) is 13.5. The van der Waals surface area contributed by atoms with Crippen LogP contribution in [-0.2, 0) is 4.79 Å². The van der Waals surface area contributed by atoms with Crippen LogP contribution in [-0.4, -0.2) is 22.0 Å². The van der Waals surface area contributed by atoms with Crippen molar-refractivity contribution in [2.75, 3.05) is 5.32 Å². The van der Waals surface area contributed by atoms with Crippen LogP contribution in [0.3, 0.4) is 0 Å². The van der Waals surface area contributed by atoms with Crippen molar-refractivity contribution >= 4 is 17.3 Å². The Morgan fingerprint density at radius 1 is 1.38 bits per heavy atom. The Morgan fingerprint density at radius 2 is 2.05 bits per heavy atom. The summed E-state index contributed by atoms with van der Waals surface area (Å²) in [7, 11) is 0. The average molecular weight is 294 g/mol. The number of benzene rings is 1. The van der Waals surface area contributed by atoms with Crippen LogP contribution >= 0.6 is 0 Å². The lowest BCUT2D eigenvalue weighted by Gasteiger charge is -2.17. The topological polar surface area (TPSA) is 92.5 Å². The van der Waals surface area contributed by atoms with Gasteiger partial charge in [0.1, 0.15) is 5.69 Å². The summed E-state index contributed by atoms with van der Waals surface area (Å²) >= 11 is 0. The van der Waals surface area contributed by atoms with Crippen LogP contribution in [0.15, 0.2) is 18.2 Å². The number of carbonyl (C=O) groups is 1. The van der Waals surface area contributed by atoms with E-state index < -0.39 is 10.9 Å². The van der Waals surface area contributed by atoms with Crippen LogP contribution in [0.4, 0.5) is 11.4 Å². The summed E-state index contributed by atoms with van der Waals surface area (Å²) in [5, 5.41) is 23.0. The molecule has 0 spiro atoms. The minimum absolute atomic E-state index is 0.0470. The average Bonchev–Trinajstić information content (AvgIpc) is 2.40. The molecule has 21 heavy (non-hydrogen) atoms. The quantitative estimate of drug-likeness (QED) is 0.564. The second-order valence-electron chi connectivity index (χ2n) is 5.44. The van der Waals surface area contributed by atoms with Crippen molar-refractivity contribution in [2.24, 2.45) is 5.92 Å². The van der Waals surface area contributed by atoms with Gasteiger partial charge in [-0.3, -0.25) is 14.9 Å². The second-order valence-corrected chi connectivity index (χ2v) is 5.44. The van der Waals surface area contributed by atoms with E-state index in [0.29, 0.717) is 12.1 Å². The molecule has 2 atom stereocenters. The number of nitro groups is 1. The molecule has 0 aliphatic carbocycles. The molecule has 0 heterocycles. The van der Waals surface area contributed by atoms with Crippen LogP contribution in [0, 0.1) is 23.0 Å². The van der Waals surface area contributed by atoms with Crippen LogP contribution in [0.1, 0.15) is 38.7 Å². The van der Waals surface area contributed by atoms with Gasteiger partial charge in [0.2, 0.25) is 0 Å². The number of anilines is 1. The maximum atomic E-state index is 11.0.